The highest BCUT2D eigenvalue weighted by Crippen LogP contribution is 2.46. The van der Waals surface area contributed by atoms with Crippen molar-refractivity contribution in [3.8, 4) is 0 Å². The maximum Gasteiger partial charge on any atom is 0.336 e. The number of benzene rings is 1. The SMILES string of the molecule is CC1(C)CCC(C)(C)c2cc(C3=CC(=C=O)CC=C3C(=O)O)ccc21. The Morgan fingerprint density at radius 3 is 2.32 bits per heavy atom. The van der Waals surface area contributed by atoms with Gasteiger partial charge in [-0.3, -0.25) is 0 Å². The van der Waals surface area contributed by atoms with Crippen molar-refractivity contribution in [2.24, 2.45) is 0 Å². The van der Waals surface area contributed by atoms with E-state index in [1.54, 1.807) is 12.2 Å². The first-order valence-electron chi connectivity index (χ1n) is 8.70. The van der Waals surface area contributed by atoms with E-state index in [2.05, 4.69) is 39.8 Å². The van der Waals surface area contributed by atoms with E-state index >= 15 is 0 Å². The van der Waals surface area contributed by atoms with Gasteiger partial charge < -0.3 is 5.11 Å². The molecule has 2 aliphatic carbocycles. The lowest BCUT2D eigenvalue weighted by Gasteiger charge is -2.42. The van der Waals surface area contributed by atoms with Crippen LogP contribution < -0.4 is 0 Å². The molecule has 25 heavy (non-hydrogen) atoms. The van der Waals surface area contributed by atoms with E-state index in [-0.39, 0.29) is 16.4 Å². The van der Waals surface area contributed by atoms with E-state index in [1.807, 2.05) is 12.0 Å². The van der Waals surface area contributed by atoms with E-state index in [4.69, 9.17) is 0 Å². The first-order valence-corrected chi connectivity index (χ1v) is 8.70. The first kappa shape index (κ1) is 17.4. The molecular formula is C22H24O3. The Balaban J connectivity index is 2.19. The van der Waals surface area contributed by atoms with Gasteiger partial charge in [-0.2, -0.15) is 0 Å². The zero-order chi connectivity index (χ0) is 18.4. The maximum atomic E-state index is 11.6. The van der Waals surface area contributed by atoms with Gasteiger partial charge >= 0.3 is 5.97 Å². The zero-order valence-corrected chi connectivity index (χ0v) is 15.3. The number of hydrogen-bond donors (Lipinski definition) is 1. The number of carboxylic acids is 1. The van der Waals surface area contributed by atoms with Gasteiger partial charge in [-0.25, -0.2) is 9.59 Å². The molecule has 0 unspecified atom stereocenters. The van der Waals surface area contributed by atoms with Gasteiger partial charge in [0.05, 0.1) is 5.57 Å². The molecule has 3 nitrogen and oxygen atoms in total. The molecule has 1 aromatic carbocycles. The quantitative estimate of drug-likeness (QED) is 0.804. The van der Waals surface area contributed by atoms with E-state index in [1.165, 1.54) is 11.1 Å². The van der Waals surface area contributed by atoms with Gasteiger partial charge in [-0.1, -0.05) is 52.0 Å². The average molecular weight is 336 g/mol. The molecule has 0 aromatic heterocycles. The highest BCUT2D eigenvalue weighted by Gasteiger charge is 2.37. The van der Waals surface area contributed by atoms with Crippen LogP contribution in [-0.4, -0.2) is 17.0 Å². The van der Waals surface area contributed by atoms with Crippen molar-refractivity contribution in [1.82, 2.24) is 0 Å². The van der Waals surface area contributed by atoms with E-state index in [0.717, 1.165) is 18.4 Å². The average Bonchev–Trinajstić information content (AvgIpc) is 2.58. The molecule has 0 radical (unpaired) electrons. The summed E-state index contributed by atoms with van der Waals surface area (Å²) in [6, 6.07) is 6.23. The van der Waals surface area contributed by atoms with E-state index in [0.29, 0.717) is 17.6 Å². The van der Waals surface area contributed by atoms with E-state index in [9.17, 15) is 14.7 Å². The van der Waals surface area contributed by atoms with Gasteiger partial charge in [0.2, 0.25) is 0 Å². The highest BCUT2D eigenvalue weighted by molar-refractivity contribution is 6.07. The molecule has 0 aliphatic heterocycles. The summed E-state index contributed by atoms with van der Waals surface area (Å²) in [6.45, 7) is 9.00. The summed E-state index contributed by atoms with van der Waals surface area (Å²) in [5, 5.41) is 9.54. The summed E-state index contributed by atoms with van der Waals surface area (Å²) < 4.78 is 0. The van der Waals surface area contributed by atoms with Crippen molar-refractivity contribution in [3.63, 3.8) is 0 Å². The predicted octanol–water partition coefficient (Wildman–Crippen LogP) is 4.59. The smallest absolute Gasteiger partial charge is 0.336 e. The highest BCUT2D eigenvalue weighted by atomic mass is 16.4. The molecule has 1 aromatic rings. The van der Waals surface area contributed by atoms with Gasteiger partial charge in [0.25, 0.3) is 0 Å². The van der Waals surface area contributed by atoms with Gasteiger partial charge in [-0.05, 0) is 52.0 Å². The van der Waals surface area contributed by atoms with Crippen LogP contribution in [0.25, 0.3) is 5.57 Å². The Morgan fingerprint density at radius 1 is 1.08 bits per heavy atom. The van der Waals surface area contributed by atoms with Crippen molar-refractivity contribution < 1.29 is 14.7 Å². The lowest BCUT2D eigenvalue weighted by Crippen LogP contribution is -2.33. The zero-order valence-electron chi connectivity index (χ0n) is 15.3. The normalized spacial score (nSPS) is 20.9. The number of rotatable bonds is 2. The third-order valence-electron chi connectivity index (χ3n) is 5.66. The summed E-state index contributed by atoms with van der Waals surface area (Å²) in [7, 11) is 0. The molecular weight excluding hydrogens is 312 g/mol. The van der Waals surface area contributed by atoms with Crippen LogP contribution in [0.4, 0.5) is 0 Å². The van der Waals surface area contributed by atoms with Crippen molar-refractivity contribution in [3.05, 3.63) is 58.2 Å². The summed E-state index contributed by atoms with van der Waals surface area (Å²) in [5.74, 6) is 0.943. The largest absolute Gasteiger partial charge is 0.478 e. The number of carbonyl (C=O) groups excluding carboxylic acids is 1. The number of carboxylic acid groups (broad SMARTS) is 1. The first-order chi connectivity index (χ1) is 11.7. The number of fused-ring (bicyclic) bond motifs is 1. The molecule has 0 bridgehead atoms. The maximum absolute atomic E-state index is 11.6. The van der Waals surface area contributed by atoms with Gasteiger partial charge in [0.15, 0.2) is 0 Å². The monoisotopic (exact) mass is 336 g/mol. The lowest BCUT2D eigenvalue weighted by molar-refractivity contribution is -0.132. The number of aliphatic carboxylic acids is 1. The summed E-state index contributed by atoms with van der Waals surface area (Å²) in [4.78, 5) is 22.7. The molecule has 0 heterocycles. The van der Waals surface area contributed by atoms with Crippen LogP contribution in [0.2, 0.25) is 0 Å². The van der Waals surface area contributed by atoms with Crippen LogP contribution >= 0.6 is 0 Å². The molecule has 0 amide bonds. The second-order valence-corrected chi connectivity index (χ2v) is 8.34. The Hall–Kier alpha value is -2.38. The molecule has 130 valence electrons. The Kier molecular flexibility index (Phi) is 4.09. The fraction of sp³-hybridized carbons (Fsp3) is 0.409. The standard InChI is InChI=1S/C22H24O3/c1-21(2)9-10-22(3,4)19-12-15(6-8-18(19)21)17-11-14(13-23)5-7-16(17)20(24)25/h6-8,11-12H,5,9-10H2,1-4H3,(H,24,25). The molecule has 0 saturated carbocycles. The van der Waals surface area contributed by atoms with Gasteiger partial charge in [0.1, 0.15) is 5.94 Å². The van der Waals surface area contributed by atoms with Crippen LogP contribution in [0.15, 0.2) is 41.5 Å². The number of allylic oxidation sites excluding steroid dienone is 3. The van der Waals surface area contributed by atoms with Crippen LogP contribution in [0.5, 0.6) is 0 Å². The van der Waals surface area contributed by atoms with Gasteiger partial charge in [0, 0.05) is 12.0 Å². The minimum Gasteiger partial charge on any atom is -0.478 e. The van der Waals surface area contributed by atoms with Crippen LogP contribution in [0.1, 0.15) is 63.6 Å². The molecule has 1 N–H and O–H groups in total. The molecule has 0 spiro atoms. The van der Waals surface area contributed by atoms with E-state index < -0.39 is 5.97 Å². The predicted molar refractivity (Wildman–Crippen MR) is 99.2 cm³/mol. The summed E-state index contributed by atoms with van der Waals surface area (Å²) in [6.07, 6.45) is 5.81. The third-order valence-corrected chi connectivity index (χ3v) is 5.66. The summed E-state index contributed by atoms with van der Waals surface area (Å²) in [5.41, 5.74) is 4.95. The Labute approximate surface area is 148 Å². The van der Waals surface area contributed by atoms with Crippen molar-refractivity contribution in [1.29, 1.82) is 0 Å². The minimum absolute atomic E-state index is 0.0481. The van der Waals surface area contributed by atoms with Crippen LogP contribution in [0, 0.1) is 0 Å². The minimum atomic E-state index is -0.964. The van der Waals surface area contributed by atoms with Crippen molar-refractivity contribution in [2.75, 3.05) is 0 Å². The second-order valence-electron chi connectivity index (χ2n) is 8.34. The molecule has 3 heteroatoms. The number of hydrogen-bond acceptors (Lipinski definition) is 2. The topological polar surface area (TPSA) is 54.4 Å². The molecule has 0 fully saturated rings. The summed E-state index contributed by atoms with van der Waals surface area (Å²) >= 11 is 0. The van der Waals surface area contributed by atoms with Crippen LogP contribution in [-0.2, 0) is 20.4 Å². The van der Waals surface area contributed by atoms with Gasteiger partial charge in [-0.15, -0.1) is 0 Å². The Morgan fingerprint density at radius 2 is 1.72 bits per heavy atom. The molecule has 0 saturated heterocycles. The lowest BCUT2D eigenvalue weighted by atomic mass is 9.62. The van der Waals surface area contributed by atoms with Crippen molar-refractivity contribution >= 4 is 17.5 Å². The fourth-order valence-electron chi connectivity index (χ4n) is 3.90. The molecule has 2 aliphatic rings. The molecule has 0 atom stereocenters. The van der Waals surface area contributed by atoms with Crippen LogP contribution in [0.3, 0.4) is 0 Å². The van der Waals surface area contributed by atoms with Crippen molar-refractivity contribution in [2.45, 2.75) is 57.8 Å². The Bertz CT molecular complexity index is 859. The fourth-order valence-corrected chi connectivity index (χ4v) is 3.90. The third kappa shape index (κ3) is 3.01. The second kappa shape index (κ2) is 5.86. The molecule has 3 rings (SSSR count). The number of carbonyl (C=O) groups is 1.